The zero-order valence-corrected chi connectivity index (χ0v) is 13.6. The Kier molecular flexibility index (Phi) is 7.20. The maximum atomic E-state index is 5.22. The van der Waals surface area contributed by atoms with Gasteiger partial charge in [0.15, 0.2) is 0 Å². The van der Waals surface area contributed by atoms with E-state index in [1.165, 1.54) is 51.0 Å². The molecule has 0 amide bonds. The standard InChI is InChI=1S/C18H30N2O/c1-3-18-16-19(12-13-20(18)14-15-21-2)11-7-10-17-8-5-4-6-9-17/h4-6,8-9,18H,3,7,10-16H2,1-2H3/t18-/m1/s1. The molecule has 1 aliphatic heterocycles. The summed E-state index contributed by atoms with van der Waals surface area (Å²) in [6.07, 6.45) is 3.69. The smallest absolute Gasteiger partial charge is 0.0589 e. The first-order valence-corrected chi connectivity index (χ1v) is 8.32. The van der Waals surface area contributed by atoms with Crippen LogP contribution in [0.15, 0.2) is 30.3 Å². The zero-order chi connectivity index (χ0) is 14.9. The summed E-state index contributed by atoms with van der Waals surface area (Å²) in [5.74, 6) is 0. The molecule has 1 aromatic carbocycles. The summed E-state index contributed by atoms with van der Waals surface area (Å²) >= 11 is 0. The minimum atomic E-state index is 0.700. The number of nitrogens with zero attached hydrogens (tertiary/aromatic N) is 2. The molecule has 0 radical (unpaired) electrons. The second-order valence-electron chi connectivity index (χ2n) is 5.98. The third-order valence-electron chi connectivity index (χ3n) is 4.53. The molecule has 1 saturated heterocycles. The molecule has 0 aliphatic carbocycles. The van der Waals surface area contributed by atoms with Crippen molar-refractivity contribution in [1.29, 1.82) is 0 Å². The molecule has 21 heavy (non-hydrogen) atoms. The van der Waals surface area contributed by atoms with Gasteiger partial charge in [0.2, 0.25) is 0 Å². The Balaban J connectivity index is 1.70. The molecule has 3 nitrogen and oxygen atoms in total. The number of piperazine rings is 1. The molecule has 0 aromatic heterocycles. The molecule has 1 heterocycles. The number of hydrogen-bond acceptors (Lipinski definition) is 3. The molecule has 2 rings (SSSR count). The van der Waals surface area contributed by atoms with Crippen LogP contribution in [0.4, 0.5) is 0 Å². The van der Waals surface area contributed by atoms with Crippen molar-refractivity contribution in [2.75, 3.05) is 46.4 Å². The fourth-order valence-corrected chi connectivity index (χ4v) is 3.20. The van der Waals surface area contributed by atoms with Crippen molar-refractivity contribution in [3.05, 3.63) is 35.9 Å². The maximum absolute atomic E-state index is 5.22. The summed E-state index contributed by atoms with van der Waals surface area (Å²) in [4.78, 5) is 5.23. The molecule has 0 unspecified atom stereocenters. The van der Waals surface area contributed by atoms with E-state index in [0.717, 1.165) is 13.2 Å². The van der Waals surface area contributed by atoms with Gasteiger partial charge in [0, 0.05) is 39.3 Å². The third-order valence-corrected chi connectivity index (χ3v) is 4.53. The van der Waals surface area contributed by atoms with Gasteiger partial charge in [0.05, 0.1) is 6.61 Å². The summed E-state index contributed by atoms with van der Waals surface area (Å²) in [7, 11) is 1.79. The lowest BCUT2D eigenvalue weighted by molar-refractivity contribution is 0.0494. The molecule has 1 fully saturated rings. The van der Waals surface area contributed by atoms with E-state index < -0.39 is 0 Å². The van der Waals surface area contributed by atoms with E-state index in [0.29, 0.717) is 6.04 Å². The van der Waals surface area contributed by atoms with E-state index in [2.05, 4.69) is 47.1 Å². The number of ether oxygens (including phenoxy) is 1. The lowest BCUT2D eigenvalue weighted by atomic mass is 10.1. The Labute approximate surface area is 129 Å². The predicted molar refractivity (Wildman–Crippen MR) is 88.7 cm³/mol. The van der Waals surface area contributed by atoms with Crippen molar-refractivity contribution < 1.29 is 4.74 Å². The molecular formula is C18H30N2O. The Morgan fingerprint density at radius 2 is 1.95 bits per heavy atom. The summed E-state index contributed by atoms with van der Waals surface area (Å²) in [5.41, 5.74) is 1.46. The van der Waals surface area contributed by atoms with E-state index in [-0.39, 0.29) is 0 Å². The first kappa shape index (κ1) is 16.5. The van der Waals surface area contributed by atoms with Crippen molar-refractivity contribution in [2.45, 2.75) is 32.2 Å². The Bertz CT molecular complexity index is 382. The molecule has 3 heteroatoms. The summed E-state index contributed by atoms with van der Waals surface area (Å²) < 4.78 is 5.22. The number of methoxy groups -OCH3 is 1. The fourth-order valence-electron chi connectivity index (χ4n) is 3.20. The molecule has 0 saturated carbocycles. The van der Waals surface area contributed by atoms with Gasteiger partial charge in [-0.1, -0.05) is 37.3 Å². The third kappa shape index (κ3) is 5.42. The summed E-state index contributed by atoms with van der Waals surface area (Å²) in [6, 6.07) is 11.5. The number of rotatable bonds is 8. The number of benzene rings is 1. The lowest BCUT2D eigenvalue weighted by Crippen LogP contribution is -2.53. The highest BCUT2D eigenvalue weighted by Gasteiger charge is 2.24. The van der Waals surface area contributed by atoms with Crippen LogP contribution in [-0.4, -0.2) is 62.3 Å². The molecule has 118 valence electrons. The molecule has 0 bridgehead atoms. The minimum absolute atomic E-state index is 0.700. The number of hydrogen-bond donors (Lipinski definition) is 0. The molecule has 0 N–H and O–H groups in total. The normalized spacial score (nSPS) is 20.8. The van der Waals surface area contributed by atoms with Crippen LogP contribution in [0.2, 0.25) is 0 Å². The summed E-state index contributed by atoms with van der Waals surface area (Å²) in [6.45, 7) is 9.07. The van der Waals surface area contributed by atoms with Crippen molar-refractivity contribution >= 4 is 0 Å². The topological polar surface area (TPSA) is 15.7 Å². The van der Waals surface area contributed by atoms with Crippen LogP contribution in [0, 0.1) is 0 Å². The van der Waals surface area contributed by atoms with Crippen LogP contribution < -0.4 is 0 Å². The van der Waals surface area contributed by atoms with Crippen molar-refractivity contribution in [3.8, 4) is 0 Å². The van der Waals surface area contributed by atoms with E-state index >= 15 is 0 Å². The predicted octanol–water partition coefficient (Wildman–Crippen LogP) is 2.66. The van der Waals surface area contributed by atoms with Crippen LogP contribution in [0.25, 0.3) is 0 Å². The molecule has 0 spiro atoms. The van der Waals surface area contributed by atoms with Gasteiger partial charge >= 0.3 is 0 Å². The average molecular weight is 290 g/mol. The van der Waals surface area contributed by atoms with E-state index in [1.807, 2.05) is 0 Å². The SMILES string of the molecule is CC[C@@H]1CN(CCCc2ccccc2)CCN1CCOC. The zero-order valence-electron chi connectivity index (χ0n) is 13.6. The van der Waals surface area contributed by atoms with E-state index in [1.54, 1.807) is 7.11 Å². The Morgan fingerprint density at radius 3 is 2.67 bits per heavy atom. The lowest BCUT2D eigenvalue weighted by Gasteiger charge is -2.41. The minimum Gasteiger partial charge on any atom is -0.383 e. The molecule has 1 atom stereocenters. The van der Waals surface area contributed by atoms with Gasteiger partial charge in [0.25, 0.3) is 0 Å². The van der Waals surface area contributed by atoms with Gasteiger partial charge in [-0.05, 0) is 31.4 Å². The fraction of sp³-hybridized carbons (Fsp3) is 0.667. The molecule has 1 aliphatic rings. The Hall–Kier alpha value is -0.900. The van der Waals surface area contributed by atoms with Gasteiger partial charge in [-0.3, -0.25) is 4.90 Å². The molecule has 1 aromatic rings. The Morgan fingerprint density at radius 1 is 1.14 bits per heavy atom. The monoisotopic (exact) mass is 290 g/mol. The van der Waals surface area contributed by atoms with Crippen molar-refractivity contribution in [1.82, 2.24) is 9.80 Å². The maximum Gasteiger partial charge on any atom is 0.0589 e. The molecular weight excluding hydrogens is 260 g/mol. The number of aryl methyl sites for hydroxylation is 1. The second kappa shape index (κ2) is 9.19. The van der Waals surface area contributed by atoms with Crippen LogP contribution in [-0.2, 0) is 11.2 Å². The van der Waals surface area contributed by atoms with E-state index in [9.17, 15) is 0 Å². The largest absolute Gasteiger partial charge is 0.383 e. The van der Waals surface area contributed by atoms with Crippen LogP contribution >= 0.6 is 0 Å². The summed E-state index contributed by atoms with van der Waals surface area (Å²) in [5, 5.41) is 0. The second-order valence-corrected chi connectivity index (χ2v) is 5.98. The van der Waals surface area contributed by atoms with Crippen molar-refractivity contribution in [3.63, 3.8) is 0 Å². The van der Waals surface area contributed by atoms with Gasteiger partial charge < -0.3 is 9.64 Å². The highest BCUT2D eigenvalue weighted by molar-refractivity contribution is 5.14. The van der Waals surface area contributed by atoms with Crippen LogP contribution in [0.3, 0.4) is 0 Å². The van der Waals surface area contributed by atoms with E-state index in [4.69, 9.17) is 4.74 Å². The average Bonchev–Trinajstić information content (AvgIpc) is 2.54. The first-order chi connectivity index (χ1) is 10.3. The van der Waals surface area contributed by atoms with Gasteiger partial charge in [-0.15, -0.1) is 0 Å². The highest BCUT2D eigenvalue weighted by atomic mass is 16.5. The quantitative estimate of drug-likeness (QED) is 0.732. The van der Waals surface area contributed by atoms with Crippen LogP contribution in [0.5, 0.6) is 0 Å². The highest BCUT2D eigenvalue weighted by Crippen LogP contribution is 2.13. The first-order valence-electron chi connectivity index (χ1n) is 8.32. The van der Waals surface area contributed by atoms with Gasteiger partial charge in [0.1, 0.15) is 0 Å². The van der Waals surface area contributed by atoms with Gasteiger partial charge in [-0.25, -0.2) is 0 Å². The van der Waals surface area contributed by atoms with Crippen LogP contribution in [0.1, 0.15) is 25.3 Å². The van der Waals surface area contributed by atoms with Gasteiger partial charge in [-0.2, -0.15) is 0 Å². The van der Waals surface area contributed by atoms with Crippen molar-refractivity contribution in [2.24, 2.45) is 0 Å².